The van der Waals surface area contributed by atoms with Gasteiger partial charge in [0, 0.05) is 23.6 Å². The summed E-state index contributed by atoms with van der Waals surface area (Å²) in [6.07, 6.45) is 7.08. The van der Waals surface area contributed by atoms with Crippen molar-refractivity contribution < 1.29 is 4.79 Å². The van der Waals surface area contributed by atoms with Crippen LogP contribution in [0.5, 0.6) is 0 Å². The van der Waals surface area contributed by atoms with E-state index in [-0.39, 0.29) is 5.91 Å². The summed E-state index contributed by atoms with van der Waals surface area (Å²) in [7, 11) is 0. The second-order valence-corrected chi connectivity index (χ2v) is 6.31. The van der Waals surface area contributed by atoms with Crippen LogP contribution in [-0.4, -0.2) is 25.1 Å². The molecule has 0 radical (unpaired) electrons. The molecule has 0 saturated carbocycles. The maximum absolute atomic E-state index is 12.3. The number of imidazole rings is 1. The Morgan fingerprint density at radius 2 is 1.96 bits per heavy atom. The Bertz CT molecular complexity index is 1040. The van der Waals surface area contributed by atoms with Gasteiger partial charge < -0.3 is 9.72 Å². The number of hydrogen-bond donors (Lipinski definition) is 1. The topological polar surface area (TPSA) is 64.2 Å². The van der Waals surface area contributed by atoms with Crippen molar-refractivity contribution in [1.29, 1.82) is 0 Å². The normalized spacial score (nSPS) is 11.0. The lowest BCUT2D eigenvalue weighted by Gasteiger charge is -2.04. The zero-order chi connectivity index (χ0) is 17.9. The van der Waals surface area contributed by atoms with Crippen LogP contribution in [0.25, 0.3) is 5.65 Å². The van der Waals surface area contributed by atoms with Gasteiger partial charge in [-0.25, -0.2) is 4.98 Å². The summed E-state index contributed by atoms with van der Waals surface area (Å²) in [5.74, 6) is -0.188. The van der Waals surface area contributed by atoms with Crippen LogP contribution >= 0.6 is 11.6 Å². The number of aromatic nitrogens is 4. The number of fused-ring (bicyclic) bond motifs is 1. The highest BCUT2D eigenvalue weighted by Gasteiger charge is 2.10. The van der Waals surface area contributed by atoms with Crippen LogP contribution in [0.3, 0.4) is 0 Å². The van der Waals surface area contributed by atoms with Gasteiger partial charge in [-0.05, 0) is 23.8 Å². The van der Waals surface area contributed by atoms with E-state index in [9.17, 15) is 4.79 Å². The zero-order valence-corrected chi connectivity index (χ0v) is 14.6. The first-order chi connectivity index (χ1) is 12.7. The molecular weight excluding hydrogens is 350 g/mol. The third-order valence-corrected chi connectivity index (χ3v) is 4.40. The van der Waals surface area contributed by atoms with Crippen LogP contribution in [0.2, 0.25) is 5.02 Å². The molecular formula is C19H16ClN5O. The maximum Gasteiger partial charge on any atom is 0.254 e. The number of benzene rings is 1. The fourth-order valence-electron chi connectivity index (χ4n) is 2.71. The second-order valence-electron chi connectivity index (χ2n) is 5.90. The average Bonchev–Trinajstić information content (AvgIpc) is 3.28. The van der Waals surface area contributed by atoms with Crippen LogP contribution in [0.4, 0.5) is 0 Å². The molecule has 0 bridgehead atoms. The molecule has 1 N–H and O–H groups in total. The number of nitrogens with zero attached hydrogens (tertiary/aromatic N) is 4. The van der Waals surface area contributed by atoms with Crippen LogP contribution in [0.15, 0.2) is 67.3 Å². The predicted octanol–water partition coefficient (Wildman–Crippen LogP) is 3.16. The van der Waals surface area contributed by atoms with E-state index in [1.807, 2.05) is 59.3 Å². The molecule has 0 unspecified atom stereocenters. The molecule has 130 valence electrons. The van der Waals surface area contributed by atoms with Crippen molar-refractivity contribution >= 4 is 23.2 Å². The molecule has 0 aliphatic heterocycles. The molecule has 7 heteroatoms. The first-order valence-corrected chi connectivity index (χ1v) is 8.53. The van der Waals surface area contributed by atoms with Crippen molar-refractivity contribution in [3.05, 3.63) is 89.1 Å². The largest absolute Gasteiger partial charge is 0.346 e. The van der Waals surface area contributed by atoms with Gasteiger partial charge in [0.2, 0.25) is 0 Å². The Morgan fingerprint density at radius 3 is 2.81 bits per heavy atom. The highest BCUT2D eigenvalue weighted by molar-refractivity contribution is 6.31. The average molecular weight is 366 g/mol. The smallest absolute Gasteiger partial charge is 0.254 e. The van der Waals surface area contributed by atoms with Crippen LogP contribution in [0, 0.1) is 0 Å². The van der Waals surface area contributed by atoms with Gasteiger partial charge in [0.15, 0.2) is 0 Å². The Morgan fingerprint density at radius 1 is 1.12 bits per heavy atom. The summed E-state index contributed by atoms with van der Waals surface area (Å²) >= 11 is 6.17. The summed E-state index contributed by atoms with van der Waals surface area (Å²) < 4.78 is 3.62. The van der Waals surface area contributed by atoms with Crippen molar-refractivity contribution in [1.82, 2.24) is 24.5 Å². The Hall–Kier alpha value is -3.12. The molecule has 3 heterocycles. The van der Waals surface area contributed by atoms with Gasteiger partial charge in [-0.1, -0.05) is 35.9 Å². The van der Waals surface area contributed by atoms with Gasteiger partial charge in [0.1, 0.15) is 5.65 Å². The van der Waals surface area contributed by atoms with Crippen LogP contribution in [-0.2, 0) is 13.1 Å². The lowest BCUT2D eigenvalue weighted by Crippen LogP contribution is -2.22. The van der Waals surface area contributed by atoms with E-state index >= 15 is 0 Å². The van der Waals surface area contributed by atoms with E-state index in [1.165, 1.54) is 0 Å². The third kappa shape index (κ3) is 3.45. The number of halogens is 1. The molecule has 0 fully saturated rings. The van der Waals surface area contributed by atoms with Crippen molar-refractivity contribution in [2.24, 2.45) is 0 Å². The number of nitrogens with one attached hydrogen (secondary N) is 1. The van der Waals surface area contributed by atoms with Gasteiger partial charge in [-0.15, -0.1) is 0 Å². The molecule has 3 aromatic heterocycles. The highest BCUT2D eigenvalue weighted by atomic mass is 35.5. The number of pyridine rings is 1. The van der Waals surface area contributed by atoms with Crippen molar-refractivity contribution in [3.63, 3.8) is 0 Å². The summed E-state index contributed by atoms with van der Waals surface area (Å²) in [4.78, 5) is 16.8. The number of rotatable bonds is 5. The highest BCUT2D eigenvalue weighted by Crippen LogP contribution is 2.16. The van der Waals surface area contributed by atoms with Crippen molar-refractivity contribution in [2.75, 3.05) is 0 Å². The zero-order valence-electron chi connectivity index (χ0n) is 13.8. The standard InChI is InChI=1S/C19H16ClN5O/c20-17-6-2-1-5-14(17)11-25-12-15(9-22-25)19(26)21-10-16-13-24-8-4-3-7-18(24)23-16/h1-9,12-13H,10-11H2,(H,21,26). The van der Waals surface area contributed by atoms with E-state index in [2.05, 4.69) is 15.4 Å². The SMILES string of the molecule is O=C(NCc1cn2ccccc2n1)c1cnn(Cc2ccccc2Cl)c1. The second kappa shape index (κ2) is 7.01. The molecule has 0 saturated heterocycles. The molecule has 1 amide bonds. The quantitative estimate of drug-likeness (QED) is 0.591. The maximum atomic E-state index is 12.3. The molecule has 6 nitrogen and oxygen atoms in total. The number of hydrogen-bond acceptors (Lipinski definition) is 3. The molecule has 4 rings (SSSR count). The van der Waals surface area contributed by atoms with Crippen molar-refractivity contribution in [3.8, 4) is 0 Å². The monoisotopic (exact) mass is 365 g/mol. The fourth-order valence-corrected chi connectivity index (χ4v) is 2.91. The minimum atomic E-state index is -0.188. The Kier molecular flexibility index (Phi) is 4.41. The van der Waals surface area contributed by atoms with E-state index < -0.39 is 0 Å². The fraction of sp³-hybridized carbons (Fsp3) is 0.105. The minimum Gasteiger partial charge on any atom is -0.346 e. The number of amides is 1. The van der Waals surface area contributed by atoms with E-state index in [0.717, 1.165) is 16.9 Å². The molecule has 26 heavy (non-hydrogen) atoms. The molecule has 0 atom stereocenters. The van der Waals surface area contributed by atoms with Gasteiger partial charge in [0.05, 0.1) is 30.5 Å². The minimum absolute atomic E-state index is 0.188. The van der Waals surface area contributed by atoms with Crippen molar-refractivity contribution in [2.45, 2.75) is 13.1 Å². The first-order valence-electron chi connectivity index (χ1n) is 8.16. The molecule has 0 spiro atoms. The van der Waals surface area contributed by atoms with Gasteiger partial charge in [0.25, 0.3) is 5.91 Å². The molecule has 0 aliphatic rings. The molecule has 4 aromatic rings. The van der Waals surface area contributed by atoms with E-state index in [0.29, 0.717) is 23.7 Å². The van der Waals surface area contributed by atoms with E-state index in [4.69, 9.17) is 11.6 Å². The van der Waals surface area contributed by atoms with Crippen LogP contribution < -0.4 is 5.32 Å². The van der Waals surface area contributed by atoms with Crippen LogP contribution in [0.1, 0.15) is 21.6 Å². The number of carbonyl (C=O) groups excluding carboxylic acids is 1. The van der Waals surface area contributed by atoms with Gasteiger partial charge in [-0.2, -0.15) is 5.10 Å². The summed E-state index contributed by atoms with van der Waals surface area (Å²) in [5.41, 5.74) is 3.10. The number of carbonyl (C=O) groups is 1. The first kappa shape index (κ1) is 16.4. The van der Waals surface area contributed by atoms with E-state index in [1.54, 1.807) is 17.1 Å². The third-order valence-electron chi connectivity index (χ3n) is 4.03. The summed E-state index contributed by atoms with van der Waals surface area (Å²) in [6, 6.07) is 13.4. The lowest BCUT2D eigenvalue weighted by molar-refractivity contribution is 0.0950. The molecule has 1 aromatic carbocycles. The summed E-state index contributed by atoms with van der Waals surface area (Å²) in [6.45, 7) is 0.871. The summed E-state index contributed by atoms with van der Waals surface area (Å²) in [5, 5.41) is 7.79. The Balaban J connectivity index is 1.40. The molecule has 0 aliphatic carbocycles. The van der Waals surface area contributed by atoms with Gasteiger partial charge >= 0.3 is 0 Å². The predicted molar refractivity (Wildman–Crippen MR) is 99.1 cm³/mol. The lowest BCUT2D eigenvalue weighted by atomic mass is 10.2. The van der Waals surface area contributed by atoms with Gasteiger partial charge in [-0.3, -0.25) is 9.48 Å². The Labute approximate surface area is 155 Å².